The first-order valence-corrected chi connectivity index (χ1v) is 6.42. The first-order chi connectivity index (χ1) is 7.75. The molecule has 2 aromatic rings. The lowest BCUT2D eigenvalue weighted by atomic mass is 10.1. The number of hydrogen-bond donors (Lipinski definition) is 1. The molecule has 3 rings (SSSR count). The molecule has 1 atom stereocenters. The Morgan fingerprint density at radius 1 is 1.50 bits per heavy atom. The van der Waals surface area contributed by atoms with Gasteiger partial charge >= 0.3 is 0 Å². The third-order valence-electron chi connectivity index (χ3n) is 2.96. The molecule has 5 heteroatoms. The van der Waals surface area contributed by atoms with Crippen molar-refractivity contribution >= 4 is 23.2 Å². The largest absolute Gasteiger partial charge is 0.383 e. The van der Waals surface area contributed by atoms with Crippen molar-refractivity contribution in [1.29, 1.82) is 0 Å². The lowest BCUT2D eigenvalue weighted by Gasteiger charge is -2.04. The molecule has 0 bridgehead atoms. The minimum atomic E-state index is -0.288. The van der Waals surface area contributed by atoms with Crippen LogP contribution in [0.25, 0.3) is 5.65 Å². The van der Waals surface area contributed by atoms with Gasteiger partial charge in [0, 0.05) is 17.9 Å². The Morgan fingerprint density at radius 2 is 2.38 bits per heavy atom. The van der Waals surface area contributed by atoms with Gasteiger partial charge in [-0.05, 0) is 24.3 Å². The Bertz CT molecular complexity index is 531. The van der Waals surface area contributed by atoms with E-state index in [1.165, 1.54) is 12.3 Å². The van der Waals surface area contributed by atoms with E-state index in [2.05, 4.69) is 4.98 Å². The van der Waals surface area contributed by atoms with E-state index in [4.69, 9.17) is 5.73 Å². The average molecular weight is 237 g/mol. The summed E-state index contributed by atoms with van der Waals surface area (Å²) in [6.45, 7) is 0. The Balaban J connectivity index is 2.15. The number of anilines is 1. The molecule has 2 aromatic heterocycles. The van der Waals surface area contributed by atoms with Crippen molar-refractivity contribution in [1.82, 2.24) is 9.38 Å². The summed E-state index contributed by atoms with van der Waals surface area (Å²) in [4.78, 5) is 4.49. The molecule has 84 valence electrons. The Kier molecular flexibility index (Phi) is 2.28. The molecule has 1 aliphatic rings. The lowest BCUT2D eigenvalue weighted by Crippen LogP contribution is -2.02. The summed E-state index contributed by atoms with van der Waals surface area (Å²) in [5.74, 6) is 2.95. The molecular formula is C11H12FN3S. The number of rotatable bonds is 1. The summed E-state index contributed by atoms with van der Waals surface area (Å²) in [6, 6.07) is 3.08. The maximum absolute atomic E-state index is 13.1. The molecule has 0 aliphatic carbocycles. The van der Waals surface area contributed by atoms with Crippen LogP contribution in [-0.2, 0) is 0 Å². The number of fused-ring (bicyclic) bond motifs is 1. The first kappa shape index (κ1) is 9.96. The zero-order valence-electron chi connectivity index (χ0n) is 8.69. The van der Waals surface area contributed by atoms with Crippen molar-refractivity contribution in [3.05, 3.63) is 29.8 Å². The highest BCUT2D eigenvalue weighted by Crippen LogP contribution is 2.34. The van der Waals surface area contributed by atoms with Gasteiger partial charge in [0.1, 0.15) is 17.3 Å². The third kappa shape index (κ3) is 1.46. The standard InChI is InChI=1S/C11H12FN3S/c12-8-1-2-9-14-10(7-3-4-16-6-7)11(13)15(9)5-8/h1-2,5,7H,3-4,6,13H2. The van der Waals surface area contributed by atoms with Gasteiger partial charge in [-0.2, -0.15) is 11.8 Å². The Hall–Kier alpha value is -1.23. The van der Waals surface area contributed by atoms with E-state index in [0.717, 1.165) is 29.3 Å². The van der Waals surface area contributed by atoms with Crippen LogP contribution in [0.3, 0.4) is 0 Å². The van der Waals surface area contributed by atoms with Crippen molar-refractivity contribution in [3.63, 3.8) is 0 Å². The van der Waals surface area contributed by atoms with Crippen molar-refractivity contribution in [2.24, 2.45) is 0 Å². The van der Waals surface area contributed by atoms with E-state index in [0.29, 0.717) is 11.7 Å². The minimum Gasteiger partial charge on any atom is -0.383 e. The molecule has 1 aliphatic heterocycles. The molecule has 1 fully saturated rings. The van der Waals surface area contributed by atoms with Gasteiger partial charge < -0.3 is 5.73 Å². The van der Waals surface area contributed by atoms with Gasteiger partial charge in [0.2, 0.25) is 0 Å². The van der Waals surface area contributed by atoms with Gasteiger partial charge in [0.25, 0.3) is 0 Å². The fourth-order valence-corrected chi connectivity index (χ4v) is 3.33. The molecule has 0 amide bonds. The van der Waals surface area contributed by atoms with Gasteiger partial charge in [-0.15, -0.1) is 0 Å². The maximum atomic E-state index is 13.1. The number of hydrogen-bond acceptors (Lipinski definition) is 3. The second-order valence-corrected chi connectivity index (χ2v) is 5.17. The lowest BCUT2D eigenvalue weighted by molar-refractivity contribution is 0.619. The summed E-state index contributed by atoms with van der Waals surface area (Å²) >= 11 is 1.92. The van der Waals surface area contributed by atoms with E-state index in [1.54, 1.807) is 10.5 Å². The van der Waals surface area contributed by atoms with Crippen LogP contribution in [0.1, 0.15) is 18.0 Å². The highest BCUT2D eigenvalue weighted by Gasteiger charge is 2.23. The zero-order chi connectivity index (χ0) is 11.1. The second kappa shape index (κ2) is 3.66. The Morgan fingerprint density at radius 3 is 3.12 bits per heavy atom. The van der Waals surface area contributed by atoms with Gasteiger partial charge in [0.05, 0.1) is 5.69 Å². The van der Waals surface area contributed by atoms with E-state index < -0.39 is 0 Å². The molecule has 2 N–H and O–H groups in total. The van der Waals surface area contributed by atoms with Gasteiger partial charge in [-0.25, -0.2) is 9.37 Å². The van der Waals surface area contributed by atoms with Crippen LogP contribution >= 0.6 is 11.8 Å². The predicted octanol–water partition coefficient (Wildman–Crippen LogP) is 2.28. The van der Waals surface area contributed by atoms with Gasteiger partial charge in [-0.1, -0.05) is 0 Å². The van der Waals surface area contributed by atoms with Crippen LogP contribution in [0, 0.1) is 5.82 Å². The molecule has 0 aromatic carbocycles. The number of pyridine rings is 1. The molecule has 0 spiro atoms. The third-order valence-corrected chi connectivity index (χ3v) is 4.13. The Labute approximate surface area is 96.9 Å². The van der Waals surface area contributed by atoms with Crippen molar-refractivity contribution < 1.29 is 4.39 Å². The smallest absolute Gasteiger partial charge is 0.140 e. The molecule has 1 unspecified atom stereocenters. The number of halogens is 1. The van der Waals surface area contributed by atoms with Crippen LogP contribution in [0.15, 0.2) is 18.3 Å². The quantitative estimate of drug-likeness (QED) is 0.827. The topological polar surface area (TPSA) is 43.3 Å². The van der Waals surface area contributed by atoms with Crippen LogP contribution in [0.4, 0.5) is 10.2 Å². The van der Waals surface area contributed by atoms with E-state index in [1.807, 2.05) is 11.8 Å². The second-order valence-electron chi connectivity index (χ2n) is 4.02. The zero-order valence-corrected chi connectivity index (χ0v) is 9.51. The highest BCUT2D eigenvalue weighted by atomic mass is 32.2. The monoisotopic (exact) mass is 237 g/mol. The van der Waals surface area contributed by atoms with Crippen molar-refractivity contribution in [2.45, 2.75) is 12.3 Å². The fraction of sp³-hybridized carbons (Fsp3) is 0.364. The summed E-state index contributed by atoms with van der Waals surface area (Å²) in [6.07, 6.45) is 2.50. The number of thioether (sulfide) groups is 1. The van der Waals surface area contributed by atoms with E-state index in [9.17, 15) is 4.39 Å². The van der Waals surface area contributed by atoms with Crippen LogP contribution < -0.4 is 5.73 Å². The minimum absolute atomic E-state index is 0.288. The van der Waals surface area contributed by atoms with E-state index >= 15 is 0 Å². The fourth-order valence-electron chi connectivity index (χ4n) is 2.11. The molecule has 0 radical (unpaired) electrons. The molecule has 3 heterocycles. The first-order valence-electron chi connectivity index (χ1n) is 5.26. The van der Waals surface area contributed by atoms with Crippen LogP contribution in [0.5, 0.6) is 0 Å². The average Bonchev–Trinajstić information content (AvgIpc) is 2.87. The summed E-state index contributed by atoms with van der Waals surface area (Å²) in [5, 5.41) is 0. The molecule has 1 saturated heterocycles. The molecular weight excluding hydrogens is 225 g/mol. The summed E-state index contributed by atoms with van der Waals surface area (Å²) < 4.78 is 14.7. The molecule has 0 saturated carbocycles. The molecule has 3 nitrogen and oxygen atoms in total. The number of aromatic nitrogens is 2. The van der Waals surface area contributed by atoms with Gasteiger partial charge in [-0.3, -0.25) is 4.40 Å². The number of nitrogens with zero attached hydrogens (tertiary/aromatic N) is 2. The van der Waals surface area contributed by atoms with Crippen LogP contribution in [-0.4, -0.2) is 20.9 Å². The van der Waals surface area contributed by atoms with E-state index in [-0.39, 0.29) is 5.82 Å². The van der Waals surface area contributed by atoms with Crippen molar-refractivity contribution in [2.75, 3.05) is 17.2 Å². The van der Waals surface area contributed by atoms with Gasteiger partial charge in [0.15, 0.2) is 0 Å². The SMILES string of the molecule is Nc1c(C2CCSC2)nc2ccc(F)cn12. The highest BCUT2D eigenvalue weighted by molar-refractivity contribution is 7.99. The van der Waals surface area contributed by atoms with Crippen molar-refractivity contribution in [3.8, 4) is 0 Å². The predicted molar refractivity (Wildman–Crippen MR) is 64.2 cm³/mol. The molecule has 16 heavy (non-hydrogen) atoms. The number of imidazole rings is 1. The number of nitrogen functional groups attached to an aromatic ring is 1. The van der Waals surface area contributed by atoms with Crippen LogP contribution in [0.2, 0.25) is 0 Å². The summed E-state index contributed by atoms with van der Waals surface area (Å²) in [5.41, 5.74) is 7.67. The normalized spacial score (nSPS) is 20.7. The summed E-state index contributed by atoms with van der Waals surface area (Å²) in [7, 11) is 0. The maximum Gasteiger partial charge on any atom is 0.140 e. The number of nitrogens with two attached hydrogens (primary N) is 1.